The van der Waals surface area contributed by atoms with E-state index in [0.717, 1.165) is 18.2 Å². The van der Waals surface area contributed by atoms with Crippen molar-refractivity contribution in [3.05, 3.63) is 58.3 Å². The summed E-state index contributed by atoms with van der Waals surface area (Å²) < 4.78 is 23.5. The fraction of sp³-hybridized carbons (Fsp3) is 0.294. The van der Waals surface area contributed by atoms with Crippen LogP contribution in [-0.2, 0) is 4.79 Å². The molecule has 1 aliphatic rings. The van der Waals surface area contributed by atoms with Crippen LogP contribution in [0, 0.1) is 15.9 Å². The minimum atomic E-state index is -0.710. The summed E-state index contributed by atoms with van der Waals surface area (Å²) >= 11 is 0. The average Bonchev–Trinajstić information content (AvgIpc) is 3.20. The molecule has 27 heavy (non-hydrogen) atoms. The van der Waals surface area contributed by atoms with Crippen molar-refractivity contribution in [2.75, 3.05) is 32.8 Å². The number of furan rings is 1. The molecule has 142 valence electrons. The Labute approximate surface area is 153 Å². The van der Waals surface area contributed by atoms with Gasteiger partial charge in [-0.3, -0.25) is 19.7 Å². The van der Waals surface area contributed by atoms with Gasteiger partial charge >= 0.3 is 5.69 Å². The first kappa shape index (κ1) is 18.4. The summed E-state index contributed by atoms with van der Waals surface area (Å²) in [6, 6.07) is 5.98. The van der Waals surface area contributed by atoms with E-state index in [0.29, 0.717) is 26.2 Å². The van der Waals surface area contributed by atoms with Crippen LogP contribution in [0.25, 0.3) is 0 Å². The molecular formula is C17H16FN3O6. The van der Waals surface area contributed by atoms with Crippen molar-refractivity contribution in [3.8, 4) is 5.75 Å². The van der Waals surface area contributed by atoms with Crippen LogP contribution in [0.1, 0.15) is 10.6 Å². The molecule has 2 amide bonds. The summed E-state index contributed by atoms with van der Waals surface area (Å²) in [7, 11) is 0. The van der Waals surface area contributed by atoms with Crippen LogP contribution in [-0.4, -0.2) is 59.3 Å². The lowest BCUT2D eigenvalue weighted by Gasteiger charge is -2.34. The van der Waals surface area contributed by atoms with Crippen LogP contribution in [0.15, 0.2) is 41.0 Å². The highest BCUT2D eigenvalue weighted by atomic mass is 19.1. The number of nitro benzene ring substituents is 1. The van der Waals surface area contributed by atoms with Gasteiger partial charge in [-0.05, 0) is 18.2 Å². The minimum absolute atomic E-state index is 0.233. The van der Waals surface area contributed by atoms with Crippen molar-refractivity contribution in [1.29, 1.82) is 0 Å². The number of amides is 2. The first-order valence-corrected chi connectivity index (χ1v) is 8.13. The fourth-order valence-corrected chi connectivity index (χ4v) is 2.70. The van der Waals surface area contributed by atoms with Crippen molar-refractivity contribution in [2.45, 2.75) is 0 Å². The van der Waals surface area contributed by atoms with E-state index in [4.69, 9.17) is 9.15 Å². The largest absolute Gasteiger partial charge is 0.477 e. The first-order chi connectivity index (χ1) is 13.0. The molecule has 3 rings (SSSR count). The Bertz CT molecular complexity index is 846. The lowest BCUT2D eigenvalue weighted by atomic mass is 10.2. The Hall–Kier alpha value is -3.43. The Morgan fingerprint density at radius 1 is 1.19 bits per heavy atom. The van der Waals surface area contributed by atoms with Gasteiger partial charge in [0.15, 0.2) is 12.4 Å². The van der Waals surface area contributed by atoms with E-state index < -0.39 is 28.9 Å². The molecule has 1 aromatic carbocycles. The number of hydrogen-bond acceptors (Lipinski definition) is 6. The molecule has 0 N–H and O–H groups in total. The number of ether oxygens (including phenoxy) is 1. The third kappa shape index (κ3) is 4.22. The predicted molar refractivity (Wildman–Crippen MR) is 89.7 cm³/mol. The lowest BCUT2D eigenvalue weighted by Crippen LogP contribution is -2.51. The molecule has 0 saturated carbocycles. The van der Waals surface area contributed by atoms with E-state index >= 15 is 0 Å². The molecule has 2 heterocycles. The van der Waals surface area contributed by atoms with Crippen LogP contribution < -0.4 is 4.74 Å². The average molecular weight is 377 g/mol. The second-order valence-corrected chi connectivity index (χ2v) is 5.81. The van der Waals surface area contributed by atoms with Gasteiger partial charge in [0.2, 0.25) is 5.75 Å². The highest BCUT2D eigenvalue weighted by molar-refractivity contribution is 5.91. The predicted octanol–water partition coefficient (Wildman–Crippen LogP) is 1.69. The number of benzene rings is 1. The van der Waals surface area contributed by atoms with E-state index in [1.54, 1.807) is 17.0 Å². The Balaban J connectivity index is 1.54. The van der Waals surface area contributed by atoms with Crippen molar-refractivity contribution >= 4 is 17.5 Å². The van der Waals surface area contributed by atoms with Gasteiger partial charge < -0.3 is 19.0 Å². The molecule has 0 atom stereocenters. The van der Waals surface area contributed by atoms with Crippen LogP contribution in [0.3, 0.4) is 0 Å². The molecule has 2 aromatic rings. The van der Waals surface area contributed by atoms with Crippen molar-refractivity contribution in [2.24, 2.45) is 0 Å². The van der Waals surface area contributed by atoms with Crippen LogP contribution >= 0.6 is 0 Å². The maximum absolute atomic E-state index is 13.3. The van der Waals surface area contributed by atoms with E-state index in [-0.39, 0.29) is 17.4 Å². The van der Waals surface area contributed by atoms with Gasteiger partial charge in [-0.15, -0.1) is 0 Å². The van der Waals surface area contributed by atoms with E-state index in [1.807, 2.05) is 0 Å². The second kappa shape index (κ2) is 7.85. The summed E-state index contributed by atoms with van der Waals surface area (Å²) in [6.07, 6.45) is 1.41. The number of nitro groups is 1. The number of halogens is 1. The molecule has 0 bridgehead atoms. The molecule has 0 radical (unpaired) electrons. The highest BCUT2D eigenvalue weighted by Crippen LogP contribution is 2.27. The zero-order chi connectivity index (χ0) is 19.4. The van der Waals surface area contributed by atoms with Gasteiger partial charge in [-0.25, -0.2) is 4.39 Å². The third-order valence-corrected chi connectivity index (χ3v) is 4.12. The summed E-state index contributed by atoms with van der Waals surface area (Å²) in [5.41, 5.74) is -0.418. The molecule has 10 heteroatoms. The number of piperazine rings is 1. The second-order valence-electron chi connectivity index (χ2n) is 5.81. The van der Waals surface area contributed by atoms with Crippen molar-refractivity contribution in [3.63, 3.8) is 0 Å². The Morgan fingerprint density at radius 2 is 1.89 bits per heavy atom. The quantitative estimate of drug-likeness (QED) is 0.580. The van der Waals surface area contributed by atoms with Gasteiger partial charge in [-0.1, -0.05) is 0 Å². The first-order valence-electron chi connectivity index (χ1n) is 8.13. The number of nitrogens with zero attached hydrogens (tertiary/aromatic N) is 3. The number of rotatable bonds is 5. The smallest absolute Gasteiger partial charge is 0.311 e. The van der Waals surface area contributed by atoms with Crippen LogP contribution in [0.4, 0.5) is 10.1 Å². The minimum Gasteiger partial charge on any atom is -0.477 e. The maximum atomic E-state index is 13.3. The molecule has 0 aliphatic carbocycles. The zero-order valence-corrected chi connectivity index (χ0v) is 14.2. The molecule has 1 saturated heterocycles. The lowest BCUT2D eigenvalue weighted by molar-refractivity contribution is -0.385. The highest BCUT2D eigenvalue weighted by Gasteiger charge is 2.26. The summed E-state index contributed by atoms with van der Waals surface area (Å²) in [6.45, 7) is 0.771. The van der Waals surface area contributed by atoms with Crippen molar-refractivity contribution in [1.82, 2.24) is 9.80 Å². The summed E-state index contributed by atoms with van der Waals surface area (Å²) in [5, 5.41) is 10.9. The van der Waals surface area contributed by atoms with Crippen LogP contribution in [0.5, 0.6) is 5.75 Å². The topological polar surface area (TPSA) is 106 Å². The zero-order valence-electron chi connectivity index (χ0n) is 14.2. The molecule has 0 unspecified atom stereocenters. The van der Waals surface area contributed by atoms with Gasteiger partial charge in [0.25, 0.3) is 11.8 Å². The number of hydrogen-bond donors (Lipinski definition) is 0. The van der Waals surface area contributed by atoms with Gasteiger partial charge in [0.1, 0.15) is 5.82 Å². The Morgan fingerprint density at radius 3 is 2.52 bits per heavy atom. The monoisotopic (exact) mass is 377 g/mol. The Kier molecular flexibility index (Phi) is 5.34. The molecular weight excluding hydrogens is 361 g/mol. The maximum Gasteiger partial charge on any atom is 0.311 e. The molecule has 1 fully saturated rings. The normalized spacial score (nSPS) is 14.1. The molecule has 1 aliphatic heterocycles. The molecule has 1 aromatic heterocycles. The van der Waals surface area contributed by atoms with E-state index in [2.05, 4.69) is 0 Å². The standard InChI is InChI=1S/C17H16FN3O6/c18-12-3-4-13(21(24)25)15(10-12)27-11-16(22)19-5-7-20(8-6-19)17(23)14-2-1-9-26-14/h1-4,9-10H,5-8,11H2. The third-order valence-electron chi connectivity index (χ3n) is 4.12. The van der Waals surface area contributed by atoms with Crippen LogP contribution in [0.2, 0.25) is 0 Å². The summed E-state index contributed by atoms with van der Waals surface area (Å²) in [4.78, 5) is 37.7. The van der Waals surface area contributed by atoms with Crippen molar-refractivity contribution < 1.29 is 28.1 Å². The number of carbonyl (C=O) groups excluding carboxylic acids is 2. The van der Waals surface area contributed by atoms with E-state index in [9.17, 15) is 24.1 Å². The van der Waals surface area contributed by atoms with Gasteiger partial charge in [0, 0.05) is 38.3 Å². The van der Waals surface area contributed by atoms with Gasteiger partial charge in [0.05, 0.1) is 11.2 Å². The molecule has 9 nitrogen and oxygen atoms in total. The number of carbonyl (C=O) groups is 2. The van der Waals surface area contributed by atoms with E-state index in [1.165, 1.54) is 11.2 Å². The SMILES string of the molecule is O=C(COc1cc(F)ccc1[N+](=O)[O-])N1CCN(C(=O)c2ccco2)CC1. The fourth-order valence-electron chi connectivity index (χ4n) is 2.70. The molecule has 0 spiro atoms. The van der Waals surface area contributed by atoms with Gasteiger partial charge in [-0.2, -0.15) is 0 Å². The summed E-state index contributed by atoms with van der Waals surface area (Å²) in [5.74, 6) is -1.43.